The van der Waals surface area contributed by atoms with E-state index in [1.54, 1.807) is 0 Å². The van der Waals surface area contributed by atoms with Crippen molar-refractivity contribution in [3.8, 4) is 0 Å². The Labute approximate surface area is 57.5 Å². The second kappa shape index (κ2) is 2.66. The van der Waals surface area contributed by atoms with E-state index in [1.807, 2.05) is 0 Å². The Hall–Kier alpha value is -0.801. The molecular weight excluding hydrogens is 172 g/mol. The predicted molar refractivity (Wildman–Crippen MR) is 26.2 cm³/mol. The minimum absolute atomic E-state index is 0.464. The van der Waals surface area contributed by atoms with Gasteiger partial charge in [0.05, 0.1) is 0 Å². The van der Waals surface area contributed by atoms with E-state index in [1.165, 1.54) is 12.5 Å². The molecule has 0 amide bonds. The number of carbonyl (C=O) groups is 1. The summed E-state index contributed by atoms with van der Waals surface area (Å²) in [5, 5.41) is 8.19. The van der Waals surface area contributed by atoms with Gasteiger partial charge in [0.2, 0.25) is 0 Å². The molecule has 0 fully saturated rings. The number of rotatable bonds is 2. The van der Waals surface area contributed by atoms with Gasteiger partial charge >= 0.3 is 56.8 Å². The monoisotopic (exact) mass is 175 g/mol. The van der Waals surface area contributed by atoms with Gasteiger partial charge in [-0.25, -0.2) is 0 Å². The molecule has 0 aromatic carbocycles. The van der Waals surface area contributed by atoms with Crippen molar-refractivity contribution in [3.05, 3.63) is 12.5 Å². The molecule has 0 aliphatic carbocycles. The van der Waals surface area contributed by atoms with Gasteiger partial charge < -0.3 is 0 Å². The number of aromatic nitrogens is 2. The third kappa shape index (κ3) is 1.87. The molecule has 0 bridgehead atoms. The molecule has 1 heterocycles. The van der Waals surface area contributed by atoms with Gasteiger partial charge in [-0.2, -0.15) is 0 Å². The average Bonchev–Trinajstić information content (AvgIpc) is 2.15. The van der Waals surface area contributed by atoms with Gasteiger partial charge in [0.1, 0.15) is 0 Å². The maximum atomic E-state index is 9.97. The Bertz CT molecular complexity index is 196. The Balaban J connectivity index is 2.58. The first kappa shape index (κ1) is 6.32. The molecule has 4 nitrogen and oxygen atoms in total. The van der Waals surface area contributed by atoms with Crippen LogP contribution in [0.4, 0.5) is 4.79 Å². The number of nitrogens with one attached hydrogen (secondary N) is 1. The van der Waals surface area contributed by atoms with Gasteiger partial charge in [-0.05, 0) is 0 Å². The second-order valence-corrected chi connectivity index (χ2v) is 2.27. The van der Waals surface area contributed by atoms with Crippen molar-refractivity contribution in [1.82, 2.24) is 9.97 Å². The zero-order valence-corrected chi connectivity index (χ0v) is 5.20. The maximum absolute atomic E-state index is 9.97. The molecule has 0 radical (unpaired) electrons. The standard InChI is InChI=1S/C3H3N2.CHO2.Cu/c1-2-5-3-4-1;2-1-3;/h1,3H,(H,4,5);(H,2,3);. The van der Waals surface area contributed by atoms with E-state index >= 15 is 0 Å². The summed E-state index contributed by atoms with van der Waals surface area (Å²) in [6.07, 6.45) is 2.96. The predicted octanol–water partition coefficient (Wildman–Crippen LogP) is -0.204. The first-order valence-electron chi connectivity index (χ1n) is 2.08. The summed E-state index contributed by atoms with van der Waals surface area (Å²) in [5.74, 6) is 0. The zero-order valence-electron chi connectivity index (χ0n) is 4.26. The van der Waals surface area contributed by atoms with Crippen LogP contribution in [0.15, 0.2) is 12.5 Å². The number of hydrogen-bond donors (Lipinski definition) is 2. The molecule has 0 unspecified atom stereocenters. The van der Waals surface area contributed by atoms with Crippen LogP contribution in [0.1, 0.15) is 0 Å². The molecule has 1 aromatic rings. The van der Waals surface area contributed by atoms with Crippen LogP contribution in [0.2, 0.25) is 0 Å². The van der Waals surface area contributed by atoms with Crippen LogP contribution in [0, 0.1) is 0 Å². The molecule has 0 saturated carbocycles. The summed E-state index contributed by atoms with van der Waals surface area (Å²) in [5.41, 5.74) is 0. The summed E-state index contributed by atoms with van der Waals surface area (Å²) < 4.78 is 0.464. The summed E-state index contributed by atoms with van der Waals surface area (Å²) in [4.78, 5) is 15.3. The van der Waals surface area contributed by atoms with Crippen LogP contribution in [-0.2, 0) is 15.0 Å². The Morgan fingerprint density at radius 2 is 2.67 bits per heavy atom. The van der Waals surface area contributed by atoms with Crippen molar-refractivity contribution < 1.29 is 24.9 Å². The topological polar surface area (TPSA) is 66.0 Å². The normalized spacial score (nSPS) is 9.78. The molecule has 0 aliphatic rings. The third-order valence-electron chi connectivity index (χ3n) is 0.586. The van der Waals surface area contributed by atoms with Gasteiger partial charge in [-0.1, -0.05) is 0 Å². The number of imidazole rings is 1. The summed E-state index contributed by atoms with van der Waals surface area (Å²) in [7, 11) is 0. The van der Waals surface area contributed by atoms with E-state index in [2.05, 4.69) is 9.97 Å². The molecular formula is C4H4CuN2O2. The molecule has 0 aliphatic heterocycles. The van der Waals surface area contributed by atoms with Gasteiger partial charge in [0.25, 0.3) is 0 Å². The molecule has 1 rings (SSSR count). The van der Waals surface area contributed by atoms with Crippen molar-refractivity contribution in [2.45, 2.75) is 0 Å². The van der Waals surface area contributed by atoms with Crippen LogP contribution < -0.4 is 4.59 Å². The van der Waals surface area contributed by atoms with Gasteiger partial charge in [-0.3, -0.25) is 0 Å². The molecule has 0 atom stereocenters. The van der Waals surface area contributed by atoms with Crippen LogP contribution >= 0.6 is 0 Å². The van der Waals surface area contributed by atoms with Gasteiger partial charge in [0, 0.05) is 0 Å². The fraction of sp³-hybridized carbons (Fsp3) is 0. The third-order valence-corrected chi connectivity index (χ3v) is 1.29. The van der Waals surface area contributed by atoms with E-state index in [0.717, 1.165) is 15.0 Å². The Morgan fingerprint density at radius 1 is 1.89 bits per heavy atom. The number of aromatic amines is 1. The van der Waals surface area contributed by atoms with Crippen LogP contribution in [-0.4, -0.2) is 19.9 Å². The van der Waals surface area contributed by atoms with Crippen LogP contribution in [0.25, 0.3) is 0 Å². The van der Waals surface area contributed by atoms with E-state index in [-0.39, 0.29) is 0 Å². The molecule has 9 heavy (non-hydrogen) atoms. The summed E-state index contributed by atoms with van der Waals surface area (Å²) in [6.45, 7) is 0. The zero-order chi connectivity index (χ0) is 6.69. The quantitative estimate of drug-likeness (QED) is 0.612. The van der Waals surface area contributed by atoms with Gasteiger partial charge in [-0.15, -0.1) is 0 Å². The molecule has 0 saturated heterocycles. The SMILES string of the molecule is O=[C](O)[Cu][c]1c[nH]cn1. The first-order valence-corrected chi connectivity index (χ1v) is 3.02. The van der Waals surface area contributed by atoms with E-state index in [9.17, 15) is 4.79 Å². The van der Waals surface area contributed by atoms with E-state index in [4.69, 9.17) is 5.11 Å². The fourth-order valence-corrected chi connectivity index (χ4v) is 0.813. The molecule has 0 spiro atoms. The average molecular weight is 176 g/mol. The van der Waals surface area contributed by atoms with Crippen molar-refractivity contribution in [2.24, 2.45) is 0 Å². The second-order valence-electron chi connectivity index (χ2n) is 1.15. The number of H-pyrrole nitrogens is 1. The fourth-order valence-electron chi connectivity index (χ4n) is 0.338. The first-order chi connectivity index (χ1) is 4.29. The van der Waals surface area contributed by atoms with Crippen LogP contribution in [0.3, 0.4) is 0 Å². The number of hydrogen-bond acceptors (Lipinski definition) is 2. The van der Waals surface area contributed by atoms with Crippen molar-refractivity contribution in [2.75, 3.05) is 0 Å². The molecule has 2 N–H and O–H groups in total. The van der Waals surface area contributed by atoms with Crippen molar-refractivity contribution in [1.29, 1.82) is 0 Å². The van der Waals surface area contributed by atoms with Crippen molar-refractivity contribution in [3.63, 3.8) is 0 Å². The summed E-state index contributed by atoms with van der Waals surface area (Å²) in [6, 6.07) is 0. The minimum atomic E-state index is -0.953. The Morgan fingerprint density at radius 3 is 3.11 bits per heavy atom. The molecule has 1 aromatic heterocycles. The van der Waals surface area contributed by atoms with Gasteiger partial charge in [0.15, 0.2) is 0 Å². The van der Waals surface area contributed by atoms with E-state index < -0.39 is 4.87 Å². The Kier molecular flexibility index (Phi) is 1.87. The van der Waals surface area contributed by atoms with Crippen LogP contribution in [0.5, 0.6) is 0 Å². The molecule has 53 valence electrons. The summed E-state index contributed by atoms with van der Waals surface area (Å²) >= 11 is 0.766. The number of nitrogens with zero attached hydrogens (tertiary/aromatic N) is 1. The van der Waals surface area contributed by atoms with E-state index in [0.29, 0.717) is 4.59 Å². The molecule has 5 heteroatoms. The van der Waals surface area contributed by atoms with Crippen molar-refractivity contribution >= 4 is 9.46 Å². The number of carboxylic acid groups (broad SMARTS) is 1.